The van der Waals surface area contributed by atoms with Gasteiger partial charge in [-0.05, 0) is 12.1 Å². The summed E-state index contributed by atoms with van der Waals surface area (Å²) in [7, 11) is 0. The van der Waals surface area contributed by atoms with Gasteiger partial charge in [-0.15, -0.1) is 11.3 Å². The summed E-state index contributed by atoms with van der Waals surface area (Å²) in [6.07, 6.45) is 3.56. The fraction of sp³-hybridized carbons (Fsp3) is 0. The van der Waals surface area contributed by atoms with Crippen LogP contribution >= 0.6 is 11.3 Å². The maximum absolute atomic E-state index is 5.95. The first-order valence-electron chi connectivity index (χ1n) is 5.15. The normalized spacial score (nSPS) is 10.6. The summed E-state index contributed by atoms with van der Waals surface area (Å²) in [4.78, 5) is 4.22. The zero-order chi connectivity index (χ0) is 11.7. The molecule has 2 heterocycles. The molecule has 5 heteroatoms. The van der Waals surface area contributed by atoms with Crippen LogP contribution in [0.25, 0.3) is 16.4 Å². The third-order valence-corrected chi connectivity index (χ3v) is 3.18. The number of nitrogens with zero attached hydrogens (tertiary/aromatic N) is 3. The van der Waals surface area contributed by atoms with Crippen LogP contribution in [0.15, 0.2) is 48.1 Å². The Morgan fingerprint density at radius 1 is 1.18 bits per heavy atom. The maximum Gasteiger partial charge on any atom is 0.145 e. The largest absolute Gasteiger partial charge is 0.396 e. The molecular weight excluding hydrogens is 232 g/mol. The summed E-state index contributed by atoms with van der Waals surface area (Å²) in [5.74, 6) is 0. The van der Waals surface area contributed by atoms with Crippen LogP contribution in [0, 0.1) is 0 Å². The van der Waals surface area contributed by atoms with E-state index in [2.05, 4.69) is 10.1 Å². The van der Waals surface area contributed by atoms with Crippen molar-refractivity contribution in [3.63, 3.8) is 0 Å². The predicted molar refractivity (Wildman–Crippen MR) is 69.1 cm³/mol. The number of anilines is 1. The van der Waals surface area contributed by atoms with E-state index in [0.717, 1.165) is 16.4 Å². The molecule has 0 spiro atoms. The zero-order valence-electron chi connectivity index (χ0n) is 8.95. The molecule has 0 fully saturated rings. The first-order valence-corrected chi connectivity index (χ1v) is 6.03. The van der Waals surface area contributed by atoms with Crippen molar-refractivity contribution in [2.45, 2.75) is 0 Å². The highest BCUT2D eigenvalue weighted by atomic mass is 32.1. The molecule has 0 bridgehead atoms. The fourth-order valence-corrected chi connectivity index (χ4v) is 2.25. The Morgan fingerprint density at radius 3 is 2.71 bits per heavy atom. The number of nitrogen functional groups attached to an aromatic ring is 1. The van der Waals surface area contributed by atoms with Gasteiger partial charge in [0.2, 0.25) is 0 Å². The summed E-state index contributed by atoms with van der Waals surface area (Å²) in [5, 5.41) is 7.22. The second kappa shape index (κ2) is 4.03. The highest BCUT2D eigenvalue weighted by molar-refractivity contribution is 7.13. The highest BCUT2D eigenvalue weighted by Crippen LogP contribution is 2.26. The molecule has 0 amide bonds. The number of rotatable bonds is 2. The van der Waals surface area contributed by atoms with Crippen molar-refractivity contribution in [1.29, 1.82) is 0 Å². The molecule has 3 rings (SSSR count). The first kappa shape index (κ1) is 10.0. The monoisotopic (exact) mass is 242 g/mol. The van der Waals surface area contributed by atoms with E-state index in [9.17, 15) is 0 Å². The third-order valence-electron chi connectivity index (χ3n) is 2.40. The number of para-hydroxylation sites is 1. The molecule has 3 aromatic rings. The first-order chi connectivity index (χ1) is 8.34. The molecule has 0 radical (unpaired) electrons. The van der Waals surface area contributed by atoms with E-state index in [0.29, 0.717) is 5.69 Å². The minimum Gasteiger partial charge on any atom is -0.396 e. The van der Waals surface area contributed by atoms with Crippen molar-refractivity contribution in [3.05, 3.63) is 48.1 Å². The molecule has 0 saturated carbocycles. The molecule has 0 aliphatic heterocycles. The van der Waals surface area contributed by atoms with Gasteiger partial charge in [0.15, 0.2) is 0 Å². The van der Waals surface area contributed by atoms with Gasteiger partial charge in [0.05, 0.1) is 17.6 Å². The maximum atomic E-state index is 5.95. The van der Waals surface area contributed by atoms with E-state index in [1.165, 1.54) is 11.3 Å². The second-order valence-electron chi connectivity index (χ2n) is 3.55. The molecule has 0 saturated heterocycles. The molecule has 84 valence electrons. The predicted octanol–water partition coefficient (Wildman–Crippen LogP) is 2.58. The van der Waals surface area contributed by atoms with Crippen LogP contribution in [0.4, 0.5) is 5.69 Å². The van der Waals surface area contributed by atoms with Crippen molar-refractivity contribution in [1.82, 2.24) is 14.8 Å². The summed E-state index contributed by atoms with van der Waals surface area (Å²) < 4.78 is 1.77. The van der Waals surface area contributed by atoms with Gasteiger partial charge in [0.25, 0.3) is 0 Å². The van der Waals surface area contributed by atoms with E-state index in [-0.39, 0.29) is 0 Å². The van der Waals surface area contributed by atoms with Gasteiger partial charge in [-0.3, -0.25) is 0 Å². The molecule has 0 aliphatic rings. The lowest BCUT2D eigenvalue weighted by Crippen LogP contribution is -1.93. The van der Waals surface area contributed by atoms with Crippen molar-refractivity contribution < 1.29 is 0 Å². The van der Waals surface area contributed by atoms with Crippen LogP contribution in [0.1, 0.15) is 0 Å². The molecule has 17 heavy (non-hydrogen) atoms. The van der Waals surface area contributed by atoms with Gasteiger partial charge in [0, 0.05) is 11.6 Å². The Bertz CT molecular complexity index is 613. The van der Waals surface area contributed by atoms with Crippen LogP contribution in [0.5, 0.6) is 0 Å². The number of hydrogen-bond acceptors (Lipinski definition) is 4. The number of thiazole rings is 1. The average Bonchev–Trinajstić information content (AvgIpc) is 2.99. The average molecular weight is 242 g/mol. The standard InChI is InChI=1S/C12H10N4S/c13-10-8-16(9-4-2-1-3-5-9)15-11(10)12-14-6-7-17-12/h1-8H,13H2. The summed E-state index contributed by atoms with van der Waals surface area (Å²) in [6.45, 7) is 0. The molecular formula is C12H10N4S. The van der Waals surface area contributed by atoms with Gasteiger partial charge in [-0.25, -0.2) is 9.67 Å². The molecule has 4 nitrogen and oxygen atoms in total. The lowest BCUT2D eigenvalue weighted by Gasteiger charge is -1.98. The minimum absolute atomic E-state index is 0.642. The molecule has 2 N–H and O–H groups in total. The zero-order valence-corrected chi connectivity index (χ0v) is 9.76. The van der Waals surface area contributed by atoms with Gasteiger partial charge < -0.3 is 5.73 Å². The smallest absolute Gasteiger partial charge is 0.145 e. The molecule has 0 atom stereocenters. The SMILES string of the molecule is Nc1cn(-c2ccccc2)nc1-c1nccs1. The van der Waals surface area contributed by atoms with Crippen molar-refractivity contribution in [2.24, 2.45) is 0 Å². The van der Waals surface area contributed by atoms with Gasteiger partial charge in [-0.2, -0.15) is 5.10 Å². The number of nitrogens with two attached hydrogens (primary N) is 1. The lowest BCUT2D eigenvalue weighted by molar-refractivity contribution is 0.884. The number of hydrogen-bond donors (Lipinski definition) is 1. The molecule has 0 aliphatic carbocycles. The topological polar surface area (TPSA) is 56.7 Å². The number of benzene rings is 1. The lowest BCUT2D eigenvalue weighted by atomic mass is 10.3. The van der Waals surface area contributed by atoms with Crippen LogP contribution < -0.4 is 5.73 Å². The Hall–Kier alpha value is -2.14. The van der Waals surface area contributed by atoms with Crippen LogP contribution in [0.2, 0.25) is 0 Å². The molecule has 1 aromatic carbocycles. The van der Waals surface area contributed by atoms with Crippen molar-refractivity contribution in [3.8, 4) is 16.4 Å². The Kier molecular flexibility index (Phi) is 2.38. The third kappa shape index (κ3) is 1.81. The Balaban J connectivity index is 2.08. The summed E-state index contributed by atoms with van der Waals surface area (Å²) in [5.41, 5.74) is 8.32. The minimum atomic E-state index is 0.642. The van der Waals surface area contributed by atoms with E-state index in [1.807, 2.05) is 41.9 Å². The number of aromatic nitrogens is 3. The van der Waals surface area contributed by atoms with E-state index in [1.54, 1.807) is 10.9 Å². The van der Waals surface area contributed by atoms with Crippen molar-refractivity contribution in [2.75, 3.05) is 5.73 Å². The molecule has 0 unspecified atom stereocenters. The van der Waals surface area contributed by atoms with Crippen molar-refractivity contribution >= 4 is 17.0 Å². The quantitative estimate of drug-likeness (QED) is 0.751. The van der Waals surface area contributed by atoms with E-state index >= 15 is 0 Å². The van der Waals surface area contributed by atoms with Gasteiger partial charge in [0.1, 0.15) is 10.7 Å². The molecule has 2 aromatic heterocycles. The van der Waals surface area contributed by atoms with Gasteiger partial charge >= 0.3 is 0 Å². The fourth-order valence-electron chi connectivity index (χ4n) is 1.61. The second-order valence-corrected chi connectivity index (χ2v) is 4.44. The highest BCUT2D eigenvalue weighted by Gasteiger charge is 2.11. The van der Waals surface area contributed by atoms with Gasteiger partial charge in [-0.1, -0.05) is 18.2 Å². The summed E-state index contributed by atoms with van der Waals surface area (Å²) >= 11 is 1.53. The summed E-state index contributed by atoms with van der Waals surface area (Å²) in [6, 6.07) is 9.88. The van der Waals surface area contributed by atoms with Crippen LogP contribution in [-0.2, 0) is 0 Å². The van der Waals surface area contributed by atoms with Crippen LogP contribution in [-0.4, -0.2) is 14.8 Å². The van der Waals surface area contributed by atoms with E-state index in [4.69, 9.17) is 5.73 Å². The van der Waals surface area contributed by atoms with E-state index < -0.39 is 0 Å². The Labute approximate surface area is 102 Å². The Morgan fingerprint density at radius 2 is 2.00 bits per heavy atom. The van der Waals surface area contributed by atoms with Crippen LogP contribution in [0.3, 0.4) is 0 Å².